The lowest BCUT2D eigenvalue weighted by Crippen LogP contribution is -2.30. The summed E-state index contributed by atoms with van der Waals surface area (Å²) in [6, 6.07) is 22.6. The van der Waals surface area contributed by atoms with Crippen molar-refractivity contribution >= 4 is 24.8 Å². The highest BCUT2D eigenvalue weighted by molar-refractivity contribution is 5.85. The maximum Gasteiger partial charge on any atom is 0.00791 e. The van der Waals surface area contributed by atoms with Crippen LogP contribution in [0, 0.1) is 0 Å². The average molecular weight is 411 g/mol. The van der Waals surface area contributed by atoms with Crippen molar-refractivity contribution in [3.63, 3.8) is 0 Å². The molecule has 0 saturated carbocycles. The summed E-state index contributed by atoms with van der Waals surface area (Å²) in [6.45, 7) is 6.79. The lowest BCUT2D eigenvalue weighted by atomic mass is 10.1. The van der Waals surface area contributed by atoms with Gasteiger partial charge < -0.3 is 10.6 Å². The Hall–Kier alpha value is -1.06. The predicted molar refractivity (Wildman–Crippen MR) is 124 cm³/mol. The maximum atomic E-state index is 3.64. The van der Waals surface area contributed by atoms with Crippen molar-refractivity contribution in [2.75, 3.05) is 13.1 Å². The topological polar surface area (TPSA) is 24.1 Å². The van der Waals surface area contributed by atoms with Gasteiger partial charge in [-0.25, -0.2) is 0 Å². The molecule has 27 heavy (non-hydrogen) atoms. The Balaban J connectivity index is 0.00000338. The second kappa shape index (κ2) is 15.9. The van der Waals surface area contributed by atoms with Crippen molar-refractivity contribution in [1.82, 2.24) is 10.6 Å². The molecular formula is C23H36Cl2N2. The highest BCUT2D eigenvalue weighted by Gasteiger charge is 2.03. The molecule has 0 aliphatic carbocycles. The first-order valence-electron chi connectivity index (χ1n) is 9.78. The highest BCUT2D eigenvalue weighted by atomic mass is 35.5. The molecule has 0 spiro atoms. The van der Waals surface area contributed by atoms with Gasteiger partial charge in [-0.2, -0.15) is 0 Å². The molecule has 4 heteroatoms. The van der Waals surface area contributed by atoms with E-state index in [1.54, 1.807) is 0 Å². The van der Waals surface area contributed by atoms with Crippen LogP contribution >= 0.6 is 24.8 Å². The van der Waals surface area contributed by atoms with Gasteiger partial charge in [-0.1, -0.05) is 67.1 Å². The number of benzene rings is 2. The van der Waals surface area contributed by atoms with Crippen molar-refractivity contribution in [3.05, 3.63) is 71.8 Å². The number of rotatable bonds is 12. The van der Waals surface area contributed by atoms with Crippen LogP contribution in [0.1, 0.15) is 44.2 Å². The molecule has 0 aliphatic rings. The van der Waals surface area contributed by atoms with E-state index in [9.17, 15) is 0 Å². The van der Waals surface area contributed by atoms with Crippen molar-refractivity contribution in [2.24, 2.45) is 0 Å². The van der Waals surface area contributed by atoms with Crippen LogP contribution < -0.4 is 10.6 Å². The smallest absolute Gasteiger partial charge is 0.00791 e. The number of hydrogen-bond donors (Lipinski definition) is 2. The first kappa shape index (κ1) is 25.9. The number of nitrogens with one attached hydrogen (secondary N) is 2. The van der Waals surface area contributed by atoms with Gasteiger partial charge in [-0.15, -0.1) is 24.8 Å². The Kier molecular flexibility index (Phi) is 15.3. The largest absolute Gasteiger partial charge is 0.314 e. The van der Waals surface area contributed by atoms with Gasteiger partial charge in [0.25, 0.3) is 0 Å². The standard InChI is InChI=1S/C23H34N2.2ClH/c1-20(18-22-12-6-3-7-13-22)24-16-10-5-11-17-25-21(2)19-23-14-8-4-9-15-23;;/h3-4,6-9,12-15,20-21,24-25H,5,10-11,16-19H2,1-2H3;2*1H. The normalized spacial score (nSPS) is 12.5. The minimum absolute atomic E-state index is 0. The fourth-order valence-electron chi connectivity index (χ4n) is 3.20. The van der Waals surface area contributed by atoms with Crippen LogP contribution in [0.3, 0.4) is 0 Å². The minimum Gasteiger partial charge on any atom is -0.314 e. The summed E-state index contributed by atoms with van der Waals surface area (Å²) in [6.07, 6.45) is 6.02. The molecule has 0 heterocycles. The summed E-state index contributed by atoms with van der Waals surface area (Å²) in [4.78, 5) is 0. The van der Waals surface area contributed by atoms with Gasteiger partial charge in [-0.3, -0.25) is 0 Å². The molecular weight excluding hydrogens is 375 g/mol. The van der Waals surface area contributed by atoms with Crippen molar-refractivity contribution in [1.29, 1.82) is 0 Å². The van der Waals surface area contributed by atoms with E-state index in [1.807, 2.05) is 0 Å². The molecule has 2 aromatic carbocycles. The lowest BCUT2D eigenvalue weighted by molar-refractivity contribution is 0.494. The average Bonchev–Trinajstić information content (AvgIpc) is 2.62. The van der Waals surface area contributed by atoms with E-state index < -0.39 is 0 Å². The molecule has 0 radical (unpaired) electrons. The Bertz CT molecular complexity index is 512. The van der Waals surface area contributed by atoms with Crippen LogP contribution in [0.15, 0.2) is 60.7 Å². The molecule has 0 aromatic heterocycles. The number of halogens is 2. The second-order valence-corrected chi connectivity index (χ2v) is 7.15. The molecule has 152 valence electrons. The highest BCUT2D eigenvalue weighted by Crippen LogP contribution is 2.04. The monoisotopic (exact) mass is 410 g/mol. The molecule has 0 fully saturated rings. The van der Waals surface area contributed by atoms with Crippen LogP contribution in [-0.4, -0.2) is 25.2 Å². The molecule has 2 unspecified atom stereocenters. The zero-order valence-corrected chi connectivity index (χ0v) is 18.3. The molecule has 2 nitrogen and oxygen atoms in total. The van der Waals surface area contributed by atoms with Crippen LogP contribution in [0.4, 0.5) is 0 Å². The summed E-state index contributed by atoms with van der Waals surface area (Å²) in [5.74, 6) is 0. The quantitative estimate of drug-likeness (QED) is 0.455. The van der Waals surface area contributed by atoms with Crippen molar-refractivity contribution in [3.8, 4) is 0 Å². The summed E-state index contributed by atoms with van der Waals surface area (Å²) >= 11 is 0. The van der Waals surface area contributed by atoms with Crippen LogP contribution in [0.25, 0.3) is 0 Å². The third-order valence-corrected chi connectivity index (χ3v) is 4.61. The summed E-state index contributed by atoms with van der Waals surface area (Å²) in [5.41, 5.74) is 2.83. The van der Waals surface area contributed by atoms with E-state index in [-0.39, 0.29) is 24.8 Å². The van der Waals surface area contributed by atoms with Gasteiger partial charge in [0.05, 0.1) is 0 Å². The fraction of sp³-hybridized carbons (Fsp3) is 0.478. The first-order valence-corrected chi connectivity index (χ1v) is 9.78. The summed E-state index contributed by atoms with van der Waals surface area (Å²) in [7, 11) is 0. The summed E-state index contributed by atoms with van der Waals surface area (Å²) in [5, 5.41) is 7.29. The van der Waals surface area contributed by atoms with Crippen LogP contribution in [0.2, 0.25) is 0 Å². The third kappa shape index (κ3) is 12.1. The Morgan fingerprint density at radius 2 is 0.963 bits per heavy atom. The van der Waals surface area contributed by atoms with Crippen LogP contribution in [0.5, 0.6) is 0 Å². The van der Waals surface area contributed by atoms with Crippen molar-refractivity contribution in [2.45, 2.75) is 58.0 Å². The molecule has 2 atom stereocenters. The Morgan fingerprint density at radius 3 is 1.33 bits per heavy atom. The van der Waals surface area contributed by atoms with Gasteiger partial charge >= 0.3 is 0 Å². The van der Waals surface area contributed by atoms with E-state index in [0.29, 0.717) is 12.1 Å². The van der Waals surface area contributed by atoms with Crippen molar-refractivity contribution < 1.29 is 0 Å². The lowest BCUT2D eigenvalue weighted by Gasteiger charge is -2.15. The maximum absolute atomic E-state index is 3.64. The van der Waals surface area contributed by atoms with Gasteiger partial charge in [-0.05, 0) is 63.7 Å². The molecule has 2 N–H and O–H groups in total. The molecule has 2 aromatic rings. The second-order valence-electron chi connectivity index (χ2n) is 7.15. The number of hydrogen-bond acceptors (Lipinski definition) is 2. The molecule has 0 saturated heterocycles. The van der Waals surface area contributed by atoms with Gasteiger partial charge in [0.1, 0.15) is 0 Å². The van der Waals surface area contributed by atoms with E-state index >= 15 is 0 Å². The zero-order chi connectivity index (χ0) is 17.7. The molecule has 0 aliphatic heterocycles. The fourth-order valence-corrected chi connectivity index (χ4v) is 3.20. The Labute approximate surface area is 178 Å². The molecule has 0 amide bonds. The van der Waals surface area contributed by atoms with Crippen LogP contribution in [-0.2, 0) is 12.8 Å². The predicted octanol–water partition coefficient (Wildman–Crippen LogP) is 5.44. The van der Waals surface area contributed by atoms with Gasteiger partial charge in [0, 0.05) is 12.1 Å². The number of unbranched alkanes of at least 4 members (excludes halogenated alkanes) is 2. The van der Waals surface area contributed by atoms with E-state index in [1.165, 1.54) is 30.4 Å². The first-order chi connectivity index (χ1) is 12.2. The van der Waals surface area contributed by atoms with E-state index in [2.05, 4.69) is 85.1 Å². The summed E-state index contributed by atoms with van der Waals surface area (Å²) < 4.78 is 0. The molecule has 0 bridgehead atoms. The van der Waals surface area contributed by atoms with Gasteiger partial charge in [0.2, 0.25) is 0 Å². The minimum atomic E-state index is 0. The SMILES string of the molecule is CC(Cc1ccccc1)NCCCCCNC(C)Cc1ccccc1.Cl.Cl. The van der Waals surface area contributed by atoms with Gasteiger partial charge in [0.15, 0.2) is 0 Å². The van der Waals surface area contributed by atoms with E-state index in [0.717, 1.165) is 25.9 Å². The molecule has 2 rings (SSSR count). The zero-order valence-electron chi connectivity index (χ0n) is 16.7. The third-order valence-electron chi connectivity index (χ3n) is 4.61. The van der Waals surface area contributed by atoms with E-state index in [4.69, 9.17) is 0 Å². The Morgan fingerprint density at radius 1 is 0.593 bits per heavy atom.